The number of aryl methyl sites for hydroxylation is 2. The summed E-state index contributed by atoms with van der Waals surface area (Å²) in [7, 11) is 0. The van der Waals surface area contributed by atoms with Gasteiger partial charge in [-0.1, -0.05) is 6.07 Å². The maximum atomic E-state index is 13.8. The minimum absolute atomic E-state index is 0.0113. The molecular formula is C12H10F2N2O3. The van der Waals surface area contributed by atoms with Crippen LogP contribution in [0.3, 0.4) is 0 Å². The largest absolute Gasteiger partial charge is 0.481 e. The summed E-state index contributed by atoms with van der Waals surface area (Å²) in [6.45, 7) is 1.49. The predicted octanol–water partition coefficient (Wildman–Crippen LogP) is 2.34. The first-order valence-electron chi connectivity index (χ1n) is 5.48. The minimum Gasteiger partial charge on any atom is -0.481 e. The lowest BCUT2D eigenvalue weighted by Gasteiger charge is -2.02. The van der Waals surface area contributed by atoms with Gasteiger partial charge in [0.05, 0.1) is 6.42 Å². The van der Waals surface area contributed by atoms with Crippen molar-refractivity contribution in [3.63, 3.8) is 0 Å². The van der Waals surface area contributed by atoms with E-state index in [-0.39, 0.29) is 30.2 Å². The fourth-order valence-corrected chi connectivity index (χ4v) is 1.52. The van der Waals surface area contributed by atoms with Crippen LogP contribution in [0.5, 0.6) is 0 Å². The Morgan fingerprint density at radius 1 is 1.37 bits per heavy atom. The molecule has 0 amide bonds. The average molecular weight is 268 g/mol. The van der Waals surface area contributed by atoms with Gasteiger partial charge in [0.25, 0.3) is 5.89 Å². The molecule has 0 saturated heterocycles. The van der Waals surface area contributed by atoms with E-state index in [2.05, 4.69) is 10.2 Å². The molecule has 0 aliphatic heterocycles. The molecule has 5 nitrogen and oxygen atoms in total. The molecule has 0 saturated carbocycles. The third kappa shape index (κ3) is 2.75. The molecule has 1 N–H and O–H groups in total. The van der Waals surface area contributed by atoms with Crippen molar-refractivity contribution in [3.05, 3.63) is 35.2 Å². The van der Waals surface area contributed by atoms with Crippen LogP contribution in [0.25, 0.3) is 11.5 Å². The van der Waals surface area contributed by atoms with E-state index in [1.54, 1.807) is 0 Å². The summed E-state index contributed by atoms with van der Waals surface area (Å²) in [6, 6.07) is 2.41. The Balaban J connectivity index is 2.33. The molecule has 0 aliphatic rings. The monoisotopic (exact) mass is 268 g/mol. The lowest BCUT2D eigenvalue weighted by molar-refractivity contribution is -0.137. The molecule has 0 unspecified atom stereocenters. The van der Waals surface area contributed by atoms with Crippen molar-refractivity contribution in [2.75, 3.05) is 0 Å². The van der Waals surface area contributed by atoms with E-state index in [0.29, 0.717) is 0 Å². The van der Waals surface area contributed by atoms with Gasteiger partial charge in [0.2, 0.25) is 5.89 Å². The quantitative estimate of drug-likeness (QED) is 0.921. The van der Waals surface area contributed by atoms with Crippen LogP contribution in [-0.4, -0.2) is 21.3 Å². The van der Waals surface area contributed by atoms with Crippen molar-refractivity contribution >= 4 is 5.97 Å². The van der Waals surface area contributed by atoms with Gasteiger partial charge in [-0.05, 0) is 18.6 Å². The Bertz CT molecular complexity index is 625. The first kappa shape index (κ1) is 13.1. The topological polar surface area (TPSA) is 76.2 Å². The summed E-state index contributed by atoms with van der Waals surface area (Å²) in [4.78, 5) is 10.4. The second kappa shape index (κ2) is 5.13. The van der Waals surface area contributed by atoms with Gasteiger partial charge in [-0.3, -0.25) is 4.79 Å². The molecule has 1 heterocycles. The van der Waals surface area contributed by atoms with Gasteiger partial charge in [-0.2, -0.15) is 0 Å². The van der Waals surface area contributed by atoms with Crippen molar-refractivity contribution < 1.29 is 23.1 Å². The number of benzene rings is 1. The predicted molar refractivity (Wildman–Crippen MR) is 60.3 cm³/mol. The summed E-state index contributed by atoms with van der Waals surface area (Å²) in [5, 5.41) is 15.6. The molecule has 2 rings (SSSR count). The number of hydrogen-bond donors (Lipinski definition) is 1. The van der Waals surface area contributed by atoms with Crippen LogP contribution in [0.2, 0.25) is 0 Å². The van der Waals surface area contributed by atoms with Crippen LogP contribution in [0.15, 0.2) is 16.5 Å². The molecular weight excluding hydrogens is 258 g/mol. The fourth-order valence-electron chi connectivity index (χ4n) is 1.52. The smallest absolute Gasteiger partial charge is 0.303 e. The number of carboxylic acids is 1. The van der Waals surface area contributed by atoms with Gasteiger partial charge < -0.3 is 9.52 Å². The van der Waals surface area contributed by atoms with Crippen LogP contribution in [0.1, 0.15) is 17.9 Å². The Morgan fingerprint density at radius 2 is 2.11 bits per heavy atom. The second-order valence-corrected chi connectivity index (χ2v) is 3.95. The van der Waals surface area contributed by atoms with Crippen molar-refractivity contribution in [2.24, 2.45) is 0 Å². The van der Waals surface area contributed by atoms with Gasteiger partial charge in [0, 0.05) is 6.42 Å². The Kier molecular flexibility index (Phi) is 3.55. The van der Waals surface area contributed by atoms with Gasteiger partial charge in [-0.25, -0.2) is 8.78 Å². The molecule has 0 fully saturated rings. The molecule has 1 aromatic heterocycles. The number of nitrogens with zero attached hydrogens (tertiary/aromatic N) is 2. The molecule has 1 aromatic carbocycles. The average Bonchev–Trinajstić information content (AvgIpc) is 2.80. The third-order valence-corrected chi connectivity index (χ3v) is 2.52. The number of carboxylic acid groups (broad SMARTS) is 1. The van der Waals surface area contributed by atoms with Gasteiger partial charge in [0.1, 0.15) is 17.2 Å². The van der Waals surface area contributed by atoms with Crippen LogP contribution < -0.4 is 0 Å². The third-order valence-electron chi connectivity index (χ3n) is 2.52. The molecule has 7 heteroatoms. The number of carbonyl (C=O) groups is 1. The maximum absolute atomic E-state index is 13.8. The van der Waals surface area contributed by atoms with E-state index in [1.165, 1.54) is 13.0 Å². The second-order valence-electron chi connectivity index (χ2n) is 3.95. The Hall–Kier alpha value is -2.31. The van der Waals surface area contributed by atoms with Crippen LogP contribution in [-0.2, 0) is 11.2 Å². The highest BCUT2D eigenvalue weighted by molar-refractivity contribution is 5.66. The zero-order valence-corrected chi connectivity index (χ0v) is 9.98. The fraction of sp³-hybridized carbons (Fsp3) is 0.250. The van der Waals surface area contributed by atoms with E-state index in [1.807, 2.05) is 0 Å². The van der Waals surface area contributed by atoms with E-state index in [0.717, 1.165) is 6.07 Å². The zero-order valence-electron chi connectivity index (χ0n) is 9.98. The maximum Gasteiger partial charge on any atom is 0.303 e. The van der Waals surface area contributed by atoms with Crippen molar-refractivity contribution in [1.29, 1.82) is 0 Å². The molecule has 100 valence electrons. The van der Waals surface area contributed by atoms with E-state index in [9.17, 15) is 13.6 Å². The number of halogens is 2. The molecule has 0 radical (unpaired) electrons. The van der Waals surface area contributed by atoms with E-state index in [4.69, 9.17) is 9.52 Å². The summed E-state index contributed by atoms with van der Waals surface area (Å²) in [5.74, 6) is -2.87. The Morgan fingerprint density at radius 3 is 2.79 bits per heavy atom. The van der Waals surface area contributed by atoms with Gasteiger partial charge in [-0.15, -0.1) is 10.2 Å². The Labute approximate surface area is 106 Å². The number of aliphatic carboxylic acids is 1. The number of rotatable bonds is 4. The minimum atomic E-state index is -1.02. The summed E-state index contributed by atoms with van der Waals surface area (Å²) in [5.41, 5.74) is -0.143. The molecule has 0 spiro atoms. The lowest BCUT2D eigenvalue weighted by atomic mass is 10.1. The van der Waals surface area contributed by atoms with Gasteiger partial charge >= 0.3 is 5.97 Å². The molecule has 19 heavy (non-hydrogen) atoms. The summed E-state index contributed by atoms with van der Waals surface area (Å²) in [6.07, 6.45) is -0.183. The highest BCUT2D eigenvalue weighted by Gasteiger charge is 2.19. The van der Waals surface area contributed by atoms with E-state index < -0.39 is 23.2 Å². The molecule has 2 aromatic rings. The molecule has 0 atom stereocenters. The SMILES string of the molecule is Cc1ccc(F)c(-c2nnc(CCC(=O)O)o2)c1F. The molecule has 0 bridgehead atoms. The van der Waals surface area contributed by atoms with Crippen LogP contribution in [0.4, 0.5) is 8.78 Å². The summed E-state index contributed by atoms with van der Waals surface area (Å²) < 4.78 is 32.5. The zero-order chi connectivity index (χ0) is 14.0. The number of aromatic nitrogens is 2. The first-order valence-corrected chi connectivity index (χ1v) is 5.48. The van der Waals surface area contributed by atoms with Crippen molar-refractivity contribution in [1.82, 2.24) is 10.2 Å². The van der Waals surface area contributed by atoms with Crippen LogP contribution >= 0.6 is 0 Å². The number of hydrogen-bond acceptors (Lipinski definition) is 4. The lowest BCUT2D eigenvalue weighted by Crippen LogP contribution is -1.97. The van der Waals surface area contributed by atoms with Crippen molar-refractivity contribution in [2.45, 2.75) is 19.8 Å². The highest BCUT2D eigenvalue weighted by Crippen LogP contribution is 2.27. The van der Waals surface area contributed by atoms with Gasteiger partial charge in [0.15, 0.2) is 0 Å². The summed E-state index contributed by atoms with van der Waals surface area (Å²) >= 11 is 0. The molecule has 0 aliphatic carbocycles. The standard InChI is InChI=1S/C12H10F2N2O3/c1-6-2-3-7(13)10(11(6)14)12-16-15-8(19-12)4-5-9(17)18/h2-3H,4-5H2,1H3,(H,17,18). The van der Waals surface area contributed by atoms with E-state index >= 15 is 0 Å². The normalized spacial score (nSPS) is 10.7. The first-order chi connectivity index (χ1) is 8.99. The highest BCUT2D eigenvalue weighted by atomic mass is 19.1. The van der Waals surface area contributed by atoms with Crippen molar-refractivity contribution in [3.8, 4) is 11.5 Å². The van der Waals surface area contributed by atoms with Crippen LogP contribution in [0, 0.1) is 18.6 Å².